The van der Waals surface area contributed by atoms with Crippen LogP contribution in [0.15, 0.2) is 47.1 Å². The fourth-order valence-corrected chi connectivity index (χ4v) is 3.58. The number of anilines is 1. The SMILES string of the molecule is O=C(NC1CCCCC1)C(c1ccco1)N(C(=O)CCl)c1ccc(F)cc1. The van der Waals surface area contributed by atoms with E-state index in [4.69, 9.17) is 16.0 Å². The number of nitrogens with one attached hydrogen (secondary N) is 1. The van der Waals surface area contributed by atoms with Gasteiger partial charge in [0.05, 0.1) is 6.26 Å². The zero-order valence-electron chi connectivity index (χ0n) is 14.9. The molecule has 1 aromatic carbocycles. The third-order valence-electron chi connectivity index (χ3n) is 4.76. The van der Waals surface area contributed by atoms with Crippen LogP contribution in [0.25, 0.3) is 0 Å². The van der Waals surface area contributed by atoms with E-state index in [1.807, 2.05) is 0 Å². The zero-order valence-corrected chi connectivity index (χ0v) is 15.6. The van der Waals surface area contributed by atoms with Gasteiger partial charge < -0.3 is 9.73 Å². The van der Waals surface area contributed by atoms with Gasteiger partial charge in [-0.3, -0.25) is 14.5 Å². The van der Waals surface area contributed by atoms with Crippen molar-refractivity contribution in [2.75, 3.05) is 10.8 Å². The minimum absolute atomic E-state index is 0.0740. The summed E-state index contributed by atoms with van der Waals surface area (Å²) in [7, 11) is 0. The van der Waals surface area contributed by atoms with Crippen molar-refractivity contribution in [2.45, 2.75) is 44.2 Å². The summed E-state index contributed by atoms with van der Waals surface area (Å²) in [5.41, 5.74) is 0.377. The van der Waals surface area contributed by atoms with Gasteiger partial charge in [0.25, 0.3) is 5.91 Å². The van der Waals surface area contributed by atoms with Crippen LogP contribution in [0, 0.1) is 5.82 Å². The molecule has 1 heterocycles. The quantitative estimate of drug-likeness (QED) is 0.750. The molecule has 0 saturated heterocycles. The number of nitrogens with zero attached hydrogens (tertiary/aromatic N) is 1. The molecule has 5 nitrogen and oxygen atoms in total. The molecule has 27 heavy (non-hydrogen) atoms. The van der Waals surface area contributed by atoms with E-state index >= 15 is 0 Å². The lowest BCUT2D eigenvalue weighted by atomic mass is 9.95. The Kier molecular flexibility index (Phi) is 6.50. The Balaban J connectivity index is 1.94. The fourth-order valence-electron chi connectivity index (χ4n) is 3.45. The summed E-state index contributed by atoms with van der Waals surface area (Å²) >= 11 is 5.80. The van der Waals surface area contributed by atoms with Crippen LogP contribution in [0.3, 0.4) is 0 Å². The monoisotopic (exact) mass is 392 g/mol. The van der Waals surface area contributed by atoms with Crippen LogP contribution in [0.5, 0.6) is 0 Å². The minimum atomic E-state index is -1.02. The van der Waals surface area contributed by atoms with Gasteiger partial charge in [0.15, 0.2) is 6.04 Å². The van der Waals surface area contributed by atoms with E-state index < -0.39 is 17.8 Å². The third kappa shape index (κ3) is 4.69. The summed E-state index contributed by atoms with van der Waals surface area (Å²) in [4.78, 5) is 27.0. The number of hydrogen-bond acceptors (Lipinski definition) is 3. The predicted octanol–water partition coefficient (Wildman–Crippen LogP) is 4.18. The van der Waals surface area contributed by atoms with Crippen LogP contribution in [-0.2, 0) is 9.59 Å². The lowest BCUT2D eigenvalue weighted by molar-refractivity contribution is -0.127. The molecule has 7 heteroatoms. The Morgan fingerprint density at radius 3 is 2.48 bits per heavy atom. The minimum Gasteiger partial charge on any atom is -0.467 e. The number of furan rings is 1. The molecule has 1 saturated carbocycles. The van der Waals surface area contributed by atoms with Gasteiger partial charge in [-0.1, -0.05) is 19.3 Å². The second kappa shape index (κ2) is 9.04. The summed E-state index contributed by atoms with van der Waals surface area (Å²) < 4.78 is 18.8. The Labute approximate surface area is 162 Å². The molecule has 2 aromatic rings. The maximum atomic E-state index is 13.3. The van der Waals surface area contributed by atoms with Gasteiger partial charge >= 0.3 is 0 Å². The molecule has 1 atom stereocenters. The molecule has 2 amide bonds. The Morgan fingerprint density at radius 1 is 1.19 bits per heavy atom. The van der Waals surface area contributed by atoms with Crippen molar-refractivity contribution in [3.63, 3.8) is 0 Å². The molecular formula is C20H22ClFN2O3. The first-order valence-corrected chi connectivity index (χ1v) is 9.61. The van der Waals surface area contributed by atoms with Crippen LogP contribution < -0.4 is 10.2 Å². The Morgan fingerprint density at radius 2 is 1.89 bits per heavy atom. The standard InChI is InChI=1S/C20H22ClFN2O3/c21-13-18(25)24(16-10-8-14(22)9-11-16)19(17-7-4-12-27-17)20(26)23-15-5-2-1-3-6-15/h4,7-12,15,19H,1-3,5-6,13H2,(H,23,26). The van der Waals surface area contributed by atoms with Gasteiger partial charge in [-0.15, -0.1) is 11.6 Å². The van der Waals surface area contributed by atoms with Crippen molar-refractivity contribution >= 4 is 29.1 Å². The molecule has 1 unspecified atom stereocenters. The van der Waals surface area contributed by atoms with Crippen molar-refractivity contribution < 1.29 is 18.4 Å². The van der Waals surface area contributed by atoms with Crippen LogP contribution >= 0.6 is 11.6 Å². The largest absolute Gasteiger partial charge is 0.467 e. The fraction of sp³-hybridized carbons (Fsp3) is 0.400. The molecule has 0 spiro atoms. The molecule has 0 aliphatic heterocycles. The molecule has 1 fully saturated rings. The normalized spacial score (nSPS) is 15.9. The van der Waals surface area contributed by atoms with Crippen LogP contribution in [0.4, 0.5) is 10.1 Å². The van der Waals surface area contributed by atoms with Crippen molar-refractivity contribution in [1.82, 2.24) is 5.32 Å². The number of carbonyl (C=O) groups excluding carboxylic acids is 2. The van der Waals surface area contributed by atoms with Gasteiger partial charge in [-0.25, -0.2) is 4.39 Å². The second-order valence-electron chi connectivity index (χ2n) is 6.64. The number of amides is 2. The molecule has 3 rings (SSSR count). The second-order valence-corrected chi connectivity index (χ2v) is 6.90. The van der Waals surface area contributed by atoms with Gasteiger partial charge in [-0.05, 0) is 49.2 Å². The van der Waals surface area contributed by atoms with Crippen LogP contribution in [0.1, 0.15) is 43.9 Å². The Hall–Kier alpha value is -2.34. The van der Waals surface area contributed by atoms with Gasteiger partial charge in [0.2, 0.25) is 5.91 Å². The highest BCUT2D eigenvalue weighted by molar-refractivity contribution is 6.29. The van der Waals surface area contributed by atoms with Crippen molar-refractivity contribution in [3.05, 3.63) is 54.2 Å². The number of carbonyl (C=O) groups is 2. The van der Waals surface area contributed by atoms with Crippen molar-refractivity contribution in [3.8, 4) is 0 Å². The summed E-state index contributed by atoms with van der Waals surface area (Å²) in [6.45, 7) is 0. The highest BCUT2D eigenvalue weighted by Gasteiger charge is 2.35. The molecular weight excluding hydrogens is 371 g/mol. The van der Waals surface area contributed by atoms with Crippen LogP contribution in [-0.4, -0.2) is 23.7 Å². The summed E-state index contributed by atoms with van der Waals surface area (Å²) in [6.07, 6.45) is 6.58. The molecule has 1 aromatic heterocycles. The molecule has 0 bridgehead atoms. The number of alkyl halides is 1. The molecule has 1 N–H and O–H groups in total. The summed E-state index contributed by atoms with van der Waals surface area (Å²) in [5, 5.41) is 3.04. The lowest BCUT2D eigenvalue weighted by Gasteiger charge is -2.31. The van der Waals surface area contributed by atoms with E-state index in [2.05, 4.69) is 5.32 Å². The van der Waals surface area contributed by atoms with E-state index in [-0.39, 0.29) is 17.8 Å². The van der Waals surface area contributed by atoms with E-state index in [1.54, 1.807) is 12.1 Å². The number of halogens is 2. The number of benzene rings is 1. The number of rotatable bonds is 6. The molecule has 1 aliphatic carbocycles. The average molecular weight is 393 g/mol. The van der Waals surface area contributed by atoms with Crippen LogP contribution in [0.2, 0.25) is 0 Å². The predicted molar refractivity (Wildman–Crippen MR) is 101 cm³/mol. The topological polar surface area (TPSA) is 62.6 Å². The van der Waals surface area contributed by atoms with Crippen molar-refractivity contribution in [1.29, 1.82) is 0 Å². The van der Waals surface area contributed by atoms with Gasteiger partial charge in [0.1, 0.15) is 17.5 Å². The average Bonchev–Trinajstić information content (AvgIpc) is 3.21. The maximum absolute atomic E-state index is 13.3. The summed E-state index contributed by atoms with van der Waals surface area (Å²) in [6, 6.07) is 7.73. The van der Waals surface area contributed by atoms with Gasteiger partial charge in [-0.2, -0.15) is 0 Å². The highest BCUT2D eigenvalue weighted by atomic mass is 35.5. The van der Waals surface area contributed by atoms with Crippen molar-refractivity contribution in [2.24, 2.45) is 0 Å². The third-order valence-corrected chi connectivity index (χ3v) is 4.99. The molecule has 0 radical (unpaired) electrons. The molecule has 144 valence electrons. The number of hydrogen-bond donors (Lipinski definition) is 1. The summed E-state index contributed by atoms with van der Waals surface area (Å²) in [5.74, 6) is -1.22. The molecule has 1 aliphatic rings. The highest BCUT2D eigenvalue weighted by Crippen LogP contribution is 2.29. The lowest BCUT2D eigenvalue weighted by Crippen LogP contribution is -2.47. The zero-order chi connectivity index (χ0) is 19.2. The first kappa shape index (κ1) is 19.4. The maximum Gasteiger partial charge on any atom is 0.251 e. The Bertz CT molecular complexity index is 758. The first-order chi connectivity index (χ1) is 13.1. The first-order valence-electron chi connectivity index (χ1n) is 9.07. The van der Waals surface area contributed by atoms with Gasteiger partial charge in [0, 0.05) is 11.7 Å². The van der Waals surface area contributed by atoms with E-state index in [1.165, 1.54) is 41.8 Å². The van der Waals surface area contributed by atoms with E-state index in [0.717, 1.165) is 25.7 Å². The van der Waals surface area contributed by atoms with E-state index in [9.17, 15) is 14.0 Å². The van der Waals surface area contributed by atoms with E-state index in [0.29, 0.717) is 11.4 Å². The smallest absolute Gasteiger partial charge is 0.251 e.